The monoisotopic (exact) mass is 372 g/mol. The lowest BCUT2D eigenvalue weighted by Crippen LogP contribution is -2.49. The van der Waals surface area contributed by atoms with E-state index in [4.69, 9.17) is 4.74 Å². The fourth-order valence-electron chi connectivity index (χ4n) is 4.76. The topological polar surface area (TPSA) is 41.6 Å². The van der Waals surface area contributed by atoms with E-state index in [1.54, 1.807) is 0 Å². The van der Waals surface area contributed by atoms with Crippen LogP contribution in [0.5, 0.6) is 0 Å². The van der Waals surface area contributed by atoms with Crippen LogP contribution < -0.4 is 5.32 Å². The molecule has 1 N–H and O–H groups in total. The zero-order valence-corrected chi connectivity index (χ0v) is 16.9. The lowest BCUT2D eigenvalue weighted by atomic mass is 9.80. The highest BCUT2D eigenvalue weighted by Crippen LogP contribution is 2.29. The third kappa shape index (κ3) is 6.62. The van der Waals surface area contributed by atoms with Crippen molar-refractivity contribution >= 4 is 5.97 Å². The van der Waals surface area contributed by atoms with Gasteiger partial charge in [0.2, 0.25) is 0 Å². The maximum absolute atomic E-state index is 11.2. The first-order valence-electron chi connectivity index (χ1n) is 10.8. The Morgan fingerprint density at radius 3 is 2.59 bits per heavy atom. The average molecular weight is 373 g/mol. The number of rotatable bonds is 8. The summed E-state index contributed by atoms with van der Waals surface area (Å²) in [5.74, 6) is 0.688. The number of hydrogen-bond donors (Lipinski definition) is 1. The van der Waals surface area contributed by atoms with Crippen LogP contribution in [0, 0.1) is 5.92 Å². The number of methoxy groups -OCH3 is 1. The smallest absolute Gasteiger partial charge is 0.305 e. The summed E-state index contributed by atoms with van der Waals surface area (Å²) in [5, 5.41) is 4.03. The van der Waals surface area contributed by atoms with Gasteiger partial charge in [0.15, 0.2) is 0 Å². The van der Waals surface area contributed by atoms with Gasteiger partial charge in [0.1, 0.15) is 0 Å². The molecule has 0 aromatic heterocycles. The van der Waals surface area contributed by atoms with E-state index in [0.717, 1.165) is 32.0 Å². The van der Waals surface area contributed by atoms with Crippen LogP contribution in [0.2, 0.25) is 0 Å². The Bertz CT molecular complexity index is 555. The number of nitrogens with one attached hydrogen (secondary N) is 1. The van der Waals surface area contributed by atoms with Crippen molar-refractivity contribution in [1.29, 1.82) is 0 Å². The Morgan fingerprint density at radius 2 is 1.85 bits per heavy atom. The van der Waals surface area contributed by atoms with Crippen LogP contribution in [-0.2, 0) is 16.0 Å². The van der Waals surface area contributed by atoms with Gasteiger partial charge in [-0.25, -0.2) is 0 Å². The Kier molecular flexibility index (Phi) is 8.15. The van der Waals surface area contributed by atoms with Crippen LogP contribution in [0.3, 0.4) is 0 Å². The fraction of sp³-hybridized carbons (Fsp3) is 0.696. The standard InChI is InChI=1S/C23H36N2O2/c1-27-23(26)12-7-15-25-16-13-21(14-17-25)24-22-11-6-5-10-20(22)18-19-8-3-2-4-9-19/h2-4,8-9,20-22,24H,5-7,10-18H2,1H3/t20-,22-/m1/s1. The molecule has 0 spiro atoms. The Morgan fingerprint density at radius 1 is 1.11 bits per heavy atom. The lowest BCUT2D eigenvalue weighted by molar-refractivity contribution is -0.140. The number of nitrogens with zero attached hydrogens (tertiary/aromatic N) is 1. The normalized spacial score (nSPS) is 24.6. The van der Waals surface area contributed by atoms with E-state index in [2.05, 4.69) is 40.5 Å². The van der Waals surface area contributed by atoms with E-state index in [1.165, 1.54) is 57.6 Å². The van der Waals surface area contributed by atoms with E-state index in [0.29, 0.717) is 18.5 Å². The van der Waals surface area contributed by atoms with Crippen LogP contribution >= 0.6 is 0 Å². The zero-order chi connectivity index (χ0) is 18.9. The molecule has 2 fully saturated rings. The minimum absolute atomic E-state index is 0.0895. The second-order valence-electron chi connectivity index (χ2n) is 8.30. The summed E-state index contributed by atoms with van der Waals surface area (Å²) >= 11 is 0. The van der Waals surface area contributed by atoms with Crippen molar-refractivity contribution < 1.29 is 9.53 Å². The molecule has 4 heteroatoms. The number of hydrogen-bond acceptors (Lipinski definition) is 4. The third-order valence-corrected chi connectivity index (χ3v) is 6.37. The molecule has 1 aliphatic carbocycles. The molecule has 2 aliphatic rings. The summed E-state index contributed by atoms with van der Waals surface area (Å²) in [4.78, 5) is 13.7. The summed E-state index contributed by atoms with van der Waals surface area (Å²) in [5.41, 5.74) is 1.48. The number of likely N-dealkylation sites (tertiary alicyclic amines) is 1. The highest BCUT2D eigenvalue weighted by atomic mass is 16.5. The number of carbonyl (C=O) groups excluding carboxylic acids is 1. The molecule has 1 heterocycles. The van der Waals surface area contributed by atoms with Gasteiger partial charge in [0, 0.05) is 18.5 Å². The Balaban J connectivity index is 1.41. The van der Waals surface area contributed by atoms with Gasteiger partial charge in [0.25, 0.3) is 0 Å². The SMILES string of the molecule is COC(=O)CCCN1CCC(N[C@@H]2CCCC[C@@H]2Cc2ccccc2)CC1. The second kappa shape index (κ2) is 10.8. The minimum Gasteiger partial charge on any atom is -0.469 e. The predicted octanol–water partition coefficient (Wildman–Crippen LogP) is 3.80. The van der Waals surface area contributed by atoms with Gasteiger partial charge in [0.05, 0.1) is 7.11 Å². The summed E-state index contributed by atoms with van der Waals surface area (Å²) in [6.45, 7) is 3.31. The molecule has 1 saturated heterocycles. The quantitative estimate of drug-likeness (QED) is 0.705. The summed E-state index contributed by atoms with van der Waals surface area (Å²) in [6, 6.07) is 12.3. The van der Waals surface area contributed by atoms with Gasteiger partial charge in [-0.3, -0.25) is 4.79 Å². The zero-order valence-electron chi connectivity index (χ0n) is 16.9. The van der Waals surface area contributed by atoms with Crippen molar-refractivity contribution in [2.75, 3.05) is 26.7 Å². The molecule has 3 rings (SSSR count). The van der Waals surface area contributed by atoms with E-state index in [9.17, 15) is 4.79 Å². The molecule has 0 radical (unpaired) electrons. The van der Waals surface area contributed by atoms with Crippen molar-refractivity contribution in [2.45, 2.75) is 69.9 Å². The maximum Gasteiger partial charge on any atom is 0.305 e. The summed E-state index contributed by atoms with van der Waals surface area (Å²) in [6.07, 6.45) is 10.6. The first-order chi connectivity index (χ1) is 13.2. The highest BCUT2D eigenvalue weighted by molar-refractivity contribution is 5.69. The van der Waals surface area contributed by atoms with Gasteiger partial charge in [-0.1, -0.05) is 43.2 Å². The molecular formula is C23H36N2O2. The molecule has 4 nitrogen and oxygen atoms in total. The van der Waals surface area contributed by atoms with Crippen LogP contribution in [0.4, 0.5) is 0 Å². The molecule has 2 atom stereocenters. The van der Waals surface area contributed by atoms with E-state index >= 15 is 0 Å². The van der Waals surface area contributed by atoms with E-state index < -0.39 is 0 Å². The van der Waals surface area contributed by atoms with Gasteiger partial charge in [-0.2, -0.15) is 0 Å². The van der Waals surface area contributed by atoms with Crippen LogP contribution in [-0.4, -0.2) is 49.7 Å². The van der Waals surface area contributed by atoms with Gasteiger partial charge in [-0.15, -0.1) is 0 Å². The molecule has 1 aromatic carbocycles. The van der Waals surface area contributed by atoms with Crippen molar-refractivity contribution in [2.24, 2.45) is 5.92 Å². The molecule has 1 saturated carbocycles. The van der Waals surface area contributed by atoms with Crippen molar-refractivity contribution in [3.05, 3.63) is 35.9 Å². The van der Waals surface area contributed by atoms with Crippen molar-refractivity contribution in [1.82, 2.24) is 10.2 Å². The van der Waals surface area contributed by atoms with Gasteiger partial charge < -0.3 is 15.0 Å². The van der Waals surface area contributed by atoms with Crippen LogP contribution in [0.15, 0.2) is 30.3 Å². The number of ether oxygens (including phenoxy) is 1. The molecule has 0 amide bonds. The largest absolute Gasteiger partial charge is 0.469 e. The Hall–Kier alpha value is -1.39. The fourth-order valence-corrected chi connectivity index (χ4v) is 4.76. The molecule has 0 unspecified atom stereocenters. The first kappa shape index (κ1) is 20.3. The second-order valence-corrected chi connectivity index (χ2v) is 8.30. The number of benzene rings is 1. The number of piperidine rings is 1. The maximum atomic E-state index is 11.2. The third-order valence-electron chi connectivity index (χ3n) is 6.37. The summed E-state index contributed by atoms with van der Waals surface area (Å²) < 4.78 is 4.73. The van der Waals surface area contributed by atoms with Gasteiger partial charge >= 0.3 is 5.97 Å². The van der Waals surface area contributed by atoms with Crippen LogP contribution in [0.25, 0.3) is 0 Å². The molecule has 27 heavy (non-hydrogen) atoms. The molecule has 0 bridgehead atoms. The highest BCUT2D eigenvalue weighted by Gasteiger charge is 2.28. The Labute approximate surface area is 164 Å². The van der Waals surface area contributed by atoms with Crippen molar-refractivity contribution in [3.8, 4) is 0 Å². The molecule has 1 aliphatic heterocycles. The first-order valence-corrected chi connectivity index (χ1v) is 10.8. The minimum atomic E-state index is -0.0895. The average Bonchev–Trinajstić information content (AvgIpc) is 2.71. The van der Waals surface area contributed by atoms with E-state index in [1.807, 2.05) is 0 Å². The number of carbonyl (C=O) groups is 1. The molecule has 150 valence electrons. The predicted molar refractivity (Wildman–Crippen MR) is 110 cm³/mol. The van der Waals surface area contributed by atoms with E-state index in [-0.39, 0.29) is 5.97 Å². The molecular weight excluding hydrogens is 336 g/mol. The number of esters is 1. The van der Waals surface area contributed by atoms with Gasteiger partial charge in [-0.05, 0) is 69.6 Å². The van der Waals surface area contributed by atoms with Crippen molar-refractivity contribution in [3.63, 3.8) is 0 Å². The lowest BCUT2D eigenvalue weighted by Gasteiger charge is -2.39. The van der Waals surface area contributed by atoms with Crippen LogP contribution in [0.1, 0.15) is 56.9 Å². The molecule has 1 aromatic rings. The summed E-state index contributed by atoms with van der Waals surface area (Å²) in [7, 11) is 1.47.